The highest BCUT2D eigenvalue weighted by Crippen LogP contribution is 2.18. The standard InChI is InChI=1S/C11H13ClFNO2/c1-2-7(6-15)14-11(16)10-8(12)4-3-5-9(10)13/h3-5,7,15H,2,6H2,1H3,(H,14,16). The molecule has 1 aromatic carbocycles. The first-order chi connectivity index (χ1) is 7.60. The summed E-state index contributed by atoms with van der Waals surface area (Å²) in [4.78, 5) is 11.7. The average molecular weight is 246 g/mol. The van der Waals surface area contributed by atoms with Gasteiger partial charge in [-0.25, -0.2) is 4.39 Å². The Balaban J connectivity index is 2.88. The predicted octanol–water partition coefficient (Wildman–Crippen LogP) is 1.98. The fourth-order valence-corrected chi connectivity index (χ4v) is 1.50. The second kappa shape index (κ2) is 5.82. The van der Waals surface area contributed by atoms with Gasteiger partial charge in [0.1, 0.15) is 5.82 Å². The van der Waals surface area contributed by atoms with Crippen LogP contribution in [-0.2, 0) is 0 Å². The SMILES string of the molecule is CCC(CO)NC(=O)c1c(F)cccc1Cl. The molecule has 5 heteroatoms. The predicted molar refractivity (Wildman–Crippen MR) is 60.0 cm³/mol. The molecule has 1 unspecified atom stereocenters. The Morgan fingerprint density at radius 1 is 1.62 bits per heavy atom. The maximum absolute atomic E-state index is 13.4. The van der Waals surface area contributed by atoms with Crippen molar-refractivity contribution >= 4 is 17.5 Å². The summed E-state index contributed by atoms with van der Waals surface area (Å²) in [6.45, 7) is 1.62. The molecule has 2 N–H and O–H groups in total. The van der Waals surface area contributed by atoms with Crippen LogP contribution < -0.4 is 5.32 Å². The van der Waals surface area contributed by atoms with E-state index < -0.39 is 11.7 Å². The van der Waals surface area contributed by atoms with E-state index in [1.807, 2.05) is 6.92 Å². The van der Waals surface area contributed by atoms with E-state index in [1.165, 1.54) is 18.2 Å². The molecule has 1 amide bonds. The van der Waals surface area contributed by atoms with E-state index in [-0.39, 0.29) is 23.2 Å². The van der Waals surface area contributed by atoms with E-state index >= 15 is 0 Å². The number of nitrogens with one attached hydrogen (secondary N) is 1. The molecule has 0 fully saturated rings. The third-order valence-corrected chi connectivity index (χ3v) is 2.55. The van der Waals surface area contributed by atoms with Gasteiger partial charge in [0, 0.05) is 0 Å². The van der Waals surface area contributed by atoms with Gasteiger partial charge in [-0.05, 0) is 18.6 Å². The number of hydrogen-bond donors (Lipinski definition) is 2. The molecule has 0 aliphatic carbocycles. The fraction of sp³-hybridized carbons (Fsp3) is 0.364. The molecule has 0 aliphatic heterocycles. The fourth-order valence-electron chi connectivity index (χ4n) is 1.25. The van der Waals surface area contributed by atoms with Crippen molar-refractivity contribution in [3.63, 3.8) is 0 Å². The average Bonchev–Trinajstić information content (AvgIpc) is 2.25. The number of benzene rings is 1. The Morgan fingerprint density at radius 2 is 2.31 bits per heavy atom. The van der Waals surface area contributed by atoms with Gasteiger partial charge in [0.25, 0.3) is 5.91 Å². The molecule has 3 nitrogen and oxygen atoms in total. The highest BCUT2D eigenvalue weighted by atomic mass is 35.5. The lowest BCUT2D eigenvalue weighted by Gasteiger charge is -2.14. The quantitative estimate of drug-likeness (QED) is 0.852. The molecular formula is C11H13ClFNO2. The summed E-state index contributed by atoms with van der Waals surface area (Å²) in [6, 6.07) is 3.65. The Kier molecular flexibility index (Phi) is 4.71. The second-order valence-electron chi connectivity index (χ2n) is 3.36. The first-order valence-electron chi connectivity index (χ1n) is 4.95. The Hall–Kier alpha value is -1.13. The molecule has 1 aromatic rings. The zero-order valence-corrected chi connectivity index (χ0v) is 9.59. The van der Waals surface area contributed by atoms with E-state index in [9.17, 15) is 9.18 Å². The Morgan fingerprint density at radius 3 is 2.81 bits per heavy atom. The lowest BCUT2D eigenvalue weighted by Crippen LogP contribution is -2.37. The van der Waals surface area contributed by atoms with Gasteiger partial charge in [-0.3, -0.25) is 4.79 Å². The van der Waals surface area contributed by atoms with Gasteiger partial charge >= 0.3 is 0 Å². The van der Waals surface area contributed by atoms with Crippen molar-refractivity contribution in [2.24, 2.45) is 0 Å². The van der Waals surface area contributed by atoms with E-state index in [0.717, 1.165) is 0 Å². The molecule has 0 aromatic heterocycles. The smallest absolute Gasteiger partial charge is 0.256 e. The third kappa shape index (κ3) is 2.93. The number of carbonyl (C=O) groups is 1. The minimum Gasteiger partial charge on any atom is -0.394 e. The van der Waals surface area contributed by atoms with Crippen LogP contribution in [0.15, 0.2) is 18.2 Å². The van der Waals surface area contributed by atoms with Crippen LogP contribution in [0.5, 0.6) is 0 Å². The molecule has 0 heterocycles. The molecule has 0 bridgehead atoms. The summed E-state index contributed by atoms with van der Waals surface area (Å²) in [5, 5.41) is 11.5. The van der Waals surface area contributed by atoms with Crippen molar-refractivity contribution in [1.29, 1.82) is 0 Å². The number of halogens is 2. The van der Waals surface area contributed by atoms with Gasteiger partial charge in [0.05, 0.1) is 23.2 Å². The number of aliphatic hydroxyl groups is 1. The van der Waals surface area contributed by atoms with Gasteiger partial charge in [-0.15, -0.1) is 0 Å². The van der Waals surface area contributed by atoms with Gasteiger partial charge < -0.3 is 10.4 Å². The lowest BCUT2D eigenvalue weighted by molar-refractivity contribution is 0.0911. The summed E-state index contributed by atoms with van der Waals surface area (Å²) >= 11 is 5.73. The maximum Gasteiger partial charge on any atom is 0.256 e. The highest BCUT2D eigenvalue weighted by Gasteiger charge is 2.17. The van der Waals surface area contributed by atoms with E-state index in [0.29, 0.717) is 6.42 Å². The van der Waals surface area contributed by atoms with Crippen molar-refractivity contribution in [1.82, 2.24) is 5.32 Å². The monoisotopic (exact) mass is 245 g/mol. The summed E-state index contributed by atoms with van der Waals surface area (Å²) in [5.41, 5.74) is -0.184. The third-order valence-electron chi connectivity index (χ3n) is 2.24. The van der Waals surface area contributed by atoms with E-state index in [2.05, 4.69) is 5.32 Å². The van der Waals surface area contributed by atoms with Crippen molar-refractivity contribution < 1.29 is 14.3 Å². The molecule has 16 heavy (non-hydrogen) atoms. The second-order valence-corrected chi connectivity index (χ2v) is 3.77. The number of aliphatic hydroxyl groups excluding tert-OH is 1. The van der Waals surface area contributed by atoms with Crippen LogP contribution in [0.1, 0.15) is 23.7 Å². The maximum atomic E-state index is 13.4. The summed E-state index contributed by atoms with van der Waals surface area (Å²) in [7, 11) is 0. The summed E-state index contributed by atoms with van der Waals surface area (Å²) in [6.07, 6.45) is 0.564. The van der Waals surface area contributed by atoms with E-state index in [4.69, 9.17) is 16.7 Å². The summed E-state index contributed by atoms with van der Waals surface area (Å²) in [5.74, 6) is -1.28. The van der Waals surface area contributed by atoms with Gasteiger partial charge in [-0.2, -0.15) is 0 Å². The Bertz CT molecular complexity index is 360. The first-order valence-corrected chi connectivity index (χ1v) is 5.33. The molecule has 1 rings (SSSR count). The summed E-state index contributed by atoms with van der Waals surface area (Å²) < 4.78 is 13.4. The van der Waals surface area contributed by atoms with Crippen molar-refractivity contribution in [2.45, 2.75) is 19.4 Å². The Labute approximate surface area is 98.2 Å². The molecule has 1 atom stereocenters. The van der Waals surface area contributed by atoms with Crippen LogP contribution in [0.4, 0.5) is 4.39 Å². The van der Waals surface area contributed by atoms with E-state index in [1.54, 1.807) is 0 Å². The van der Waals surface area contributed by atoms with Crippen molar-refractivity contribution in [3.8, 4) is 0 Å². The topological polar surface area (TPSA) is 49.3 Å². The highest BCUT2D eigenvalue weighted by molar-refractivity contribution is 6.33. The molecule has 0 saturated carbocycles. The number of amides is 1. The lowest BCUT2D eigenvalue weighted by atomic mass is 10.1. The van der Waals surface area contributed by atoms with Gasteiger partial charge in [0.2, 0.25) is 0 Å². The largest absolute Gasteiger partial charge is 0.394 e. The van der Waals surface area contributed by atoms with Crippen LogP contribution in [0, 0.1) is 5.82 Å². The molecule has 0 spiro atoms. The number of rotatable bonds is 4. The molecule has 0 aliphatic rings. The zero-order valence-electron chi connectivity index (χ0n) is 8.84. The first kappa shape index (κ1) is 12.9. The van der Waals surface area contributed by atoms with Crippen LogP contribution in [0.25, 0.3) is 0 Å². The zero-order chi connectivity index (χ0) is 12.1. The normalized spacial score (nSPS) is 12.2. The molecule has 88 valence electrons. The molecule has 0 radical (unpaired) electrons. The number of carbonyl (C=O) groups excluding carboxylic acids is 1. The van der Waals surface area contributed by atoms with Crippen LogP contribution in [0.3, 0.4) is 0 Å². The van der Waals surface area contributed by atoms with Crippen LogP contribution in [-0.4, -0.2) is 23.7 Å². The molecular weight excluding hydrogens is 233 g/mol. The van der Waals surface area contributed by atoms with Crippen LogP contribution >= 0.6 is 11.6 Å². The minimum absolute atomic E-state index is 0.0605. The van der Waals surface area contributed by atoms with Crippen LogP contribution in [0.2, 0.25) is 5.02 Å². The van der Waals surface area contributed by atoms with Crippen molar-refractivity contribution in [2.75, 3.05) is 6.61 Å². The molecule has 0 saturated heterocycles. The van der Waals surface area contributed by atoms with Gasteiger partial charge in [0.15, 0.2) is 0 Å². The number of hydrogen-bond acceptors (Lipinski definition) is 2. The van der Waals surface area contributed by atoms with Gasteiger partial charge in [-0.1, -0.05) is 24.6 Å². The minimum atomic E-state index is -0.669. The van der Waals surface area contributed by atoms with Crippen molar-refractivity contribution in [3.05, 3.63) is 34.6 Å².